The van der Waals surface area contributed by atoms with Crippen molar-refractivity contribution in [2.75, 3.05) is 53.0 Å². The van der Waals surface area contributed by atoms with E-state index in [2.05, 4.69) is 15.5 Å². The van der Waals surface area contributed by atoms with Gasteiger partial charge in [0.25, 0.3) is 0 Å². The van der Waals surface area contributed by atoms with E-state index in [1.165, 1.54) is 0 Å². The minimum Gasteiger partial charge on any atom is -0.496 e. The van der Waals surface area contributed by atoms with Crippen LogP contribution in [0.4, 0.5) is 9.59 Å². The summed E-state index contributed by atoms with van der Waals surface area (Å²) in [5.74, 6) is 0.0555. The van der Waals surface area contributed by atoms with Crippen LogP contribution < -0.4 is 15.4 Å². The number of nitrogens with one attached hydrogen (secondary N) is 2. The average molecular weight is 447 g/mol. The van der Waals surface area contributed by atoms with E-state index in [0.29, 0.717) is 61.9 Å². The summed E-state index contributed by atoms with van der Waals surface area (Å²) >= 11 is 0. The molecule has 174 valence electrons. The van der Waals surface area contributed by atoms with Crippen LogP contribution in [0.5, 0.6) is 5.75 Å². The maximum atomic E-state index is 13.0. The highest BCUT2D eigenvalue weighted by atomic mass is 16.6. The summed E-state index contributed by atoms with van der Waals surface area (Å²) in [5, 5.41) is 5.61. The summed E-state index contributed by atoms with van der Waals surface area (Å²) in [7, 11) is 1.54. The monoisotopic (exact) mass is 446 g/mol. The molecule has 1 saturated heterocycles. The number of amides is 3. The molecule has 3 amide bonds. The number of carbonyl (C=O) groups excluding carboxylic acids is 3. The molecule has 0 spiro atoms. The summed E-state index contributed by atoms with van der Waals surface area (Å²) in [6.07, 6.45) is -0.329. The average Bonchev–Trinajstić information content (AvgIpc) is 2.79. The van der Waals surface area contributed by atoms with Crippen molar-refractivity contribution in [1.82, 2.24) is 20.4 Å². The van der Waals surface area contributed by atoms with Crippen LogP contribution in [0.1, 0.15) is 25.5 Å². The molecule has 2 heterocycles. The fourth-order valence-corrected chi connectivity index (χ4v) is 3.86. The Labute approximate surface area is 187 Å². The molecule has 2 N–H and O–H groups in total. The number of piperazine rings is 1. The van der Waals surface area contributed by atoms with Gasteiger partial charge in [-0.3, -0.25) is 4.90 Å². The lowest BCUT2D eigenvalue weighted by Gasteiger charge is -2.36. The fourth-order valence-electron chi connectivity index (χ4n) is 3.86. The molecule has 0 unspecified atom stereocenters. The maximum absolute atomic E-state index is 13.0. The fraction of sp³-hybridized carbons (Fsp3) is 0.500. The maximum Gasteiger partial charge on any atom is 0.409 e. The van der Waals surface area contributed by atoms with Crippen molar-refractivity contribution in [3.8, 4) is 5.75 Å². The van der Waals surface area contributed by atoms with Crippen molar-refractivity contribution in [2.24, 2.45) is 0 Å². The number of hydrogen-bond acceptors (Lipinski definition) is 7. The highest BCUT2D eigenvalue weighted by molar-refractivity contribution is 5.95. The predicted octanol–water partition coefficient (Wildman–Crippen LogP) is 1.64. The molecule has 10 nitrogen and oxygen atoms in total. The first-order valence-electron chi connectivity index (χ1n) is 10.7. The number of carbonyl (C=O) groups is 3. The zero-order chi connectivity index (χ0) is 23.1. The first-order valence-corrected chi connectivity index (χ1v) is 10.7. The molecule has 1 fully saturated rings. The van der Waals surface area contributed by atoms with Gasteiger partial charge in [0.1, 0.15) is 5.75 Å². The number of ether oxygens (including phenoxy) is 3. The molecule has 0 bridgehead atoms. The molecule has 2 aliphatic rings. The first-order chi connectivity index (χ1) is 15.5. The van der Waals surface area contributed by atoms with Crippen LogP contribution in [0.2, 0.25) is 0 Å². The lowest BCUT2D eigenvalue weighted by molar-refractivity contribution is -0.139. The molecule has 32 heavy (non-hydrogen) atoms. The van der Waals surface area contributed by atoms with E-state index in [9.17, 15) is 14.4 Å². The lowest BCUT2D eigenvalue weighted by atomic mass is 9.94. The summed E-state index contributed by atoms with van der Waals surface area (Å²) in [6, 6.07) is 6.11. The van der Waals surface area contributed by atoms with Gasteiger partial charge in [-0.25, -0.2) is 14.4 Å². The van der Waals surface area contributed by atoms with Gasteiger partial charge in [-0.05, 0) is 19.9 Å². The molecule has 10 heteroatoms. The van der Waals surface area contributed by atoms with E-state index < -0.39 is 18.0 Å². The minimum absolute atomic E-state index is 0.209. The van der Waals surface area contributed by atoms with E-state index in [1.54, 1.807) is 31.9 Å². The van der Waals surface area contributed by atoms with Crippen LogP contribution in [0.3, 0.4) is 0 Å². The molecule has 3 rings (SSSR count). The van der Waals surface area contributed by atoms with E-state index in [4.69, 9.17) is 14.2 Å². The van der Waals surface area contributed by atoms with Gasteiger partial charge < -0.3 is 29.7 Å². The SMILES string of the molecule is CCOC(=O)C1=C(CN2CCN(C(=O)OCC)CC2)NC(=O)N[C@@H]1c1ccccc1OC. The molecule has 2 aliphatic heterocycles. The summed E-state index contributed by atoms with van der Waals surface area (Å²) in [6.45, 7) is 6.56. The second kappa shape index (κ2) is 10.9. The van der Waals surface area contributed by atoms with Crippen molar-refractivity contribution in [1.29, 1.82) is 0 Å². The third-order valence-electron chi connectivity index (χ3n) is 5.38. The van der Waals surface area contributed by atoms with Gasteiger partial charge in [-0.15, -0.1) is 0 Å². The topological polar surface area (TPSA) is 109 Å². The largest absolute Gasteiger partial charge is 0.496 e. The Morgan fingerprint density at radius 2 is 1.75 bits per heavy atom. The zero-order valence-corrected chi connectivity index (χ0v) is 18.7. The lowest BCUT2D eigenvalue weighted by Crippen LogP contribution is -2.52. The molecule has 1 aromatic carbocycles. The van der Waals surface area contributed by atoms with E-state index in [-0.39, 0.29) is 12.7 Å². The number of para-hydroxylation sites is 1. The van der Waals surface area contributed by atoms with Crippen molar-refractivity contribution in [3.05, 3.63) is 41.1 Å². The van der Waals surface area contributed by atoms with Crippen LogP contribution in [-0.2, 0) is 14.3 Å². The first kappa shape index (κ1) is 23.4. The van der Waals surface area contributed by atoms with E-state index >= 15 is 0 Å². The van der Waals surface area contributed by atoms with Crippen LogP contribution in [0.25, 0.3) is 0 Å². The number of nitrogens with zero attached hydrogens (tertiary/aromatic N) is 2. The van der Waals surface area contributed by atoms with Crippen LogP contribution in [-0.4, -0.2) is 80.9 Å². The Kier molecular flexibility index (Phi) is 7.93. The predicted molar refractivity (Wildman–Crippen MR) is 116 cm³/mol. The standard InChI is InChI=1S/C22H30N4O6/c1-4-31-20(27)18-16(14-25-10-12-26(13-11-25)22(29)32-5-2)23-21(28)24-19(18)15-8-6-7-9-17(15)30-3/h6-9,19H,4-5,10-14H2,1-3H3,(H2,23,24,28)/t19-/m1/s1. The Morgan fingerprint density at radius 3 is 2.41 bits per heavy atom. The van der Waals surface area contributed by atoms with Crippen molar-refractivity contribution < 1.29 is 28.6 Å². The molecular weight excluding hydrogens is 416 g/mol. The number of benzene rings is 1. The van der Waals surface area contributed by atoms with E-state index in [0.717, 1.165) is 0 Å². The Morgan fingerprint density at radius 1 is 1.06 bits per heavy atom. The number of hydrogen-bond donors (Lipinski definition) is 2. The summed E-state index contributed by atoms with van der Waals surface area (Å²) in [4.78, 5) is 41.1. The van der Waals surface area contributed by atoms with E-state index in [1.807, 2.05) is 18.2 Å². The van der Waals surface area contributed by atoms with Crippen LogP contribution in [0.15, 0.2) is 35.5 Å². The number of esters is 1. The number of urea groups is 1. The van der Waals surface area contributed by atoms with Gasteiger partial charge in [0.15, 0.2) is 0 Å². The minimum atomic E-state index is -0.713. The smallest absolute Gasteiger partial charge is 0.409 e. The summed E-state index contributed by atoms with van der Waals surface area (Å²) < 4.78 is 15.8. The quantitative estimate of drug-likeness (QED) is 0.613. The molecule has 1 atom stereocenters. The van der Waals surface area contributed by atoms with Gasteiger partial charge in [-0.2, -0.15) is 0 Å². The Balaban J connectivity index is 1.87. The van der Waals surface area contributed by atoms with Gasteiger partial charge in [-0.1, -0.05) is 18.2 Å². The number of rotatable bonds is 7. The second-order valence-electron chi connectivity index (χ2n) is 7.35. The second-order valence-corrected chi connectivity index (χ2v) is 7.35. The summed E-state index contributed by atoms with van der Waals surface area (Å²) in [5.41, 5.74) is 1.48. The van der Waals surface area contributed by atoms with Gasteiger partial charge >= 0.3 is 18.1 Å². The van der Waals surface area contributed by atoms with Crippen molar-refractivity contribution in [2.45, 2.75) is 19.9 Å². The van der Waals surface area contributed by atoms with Gasteiger partial charge in [0.05, 0.1) is 31.9 Å². The molecule has 0 aromatic heterocycles. The number of methoxy groups -OCH3 is 1. The van der Waals surface area contributed by atoms with Crippen LogP contribution >= 0.6 is 0 Å². The van der Waals surface area contributed by atoms with Crippen LogP contribution in [0, 0.1) is 0 Å². The highest BCUT2D eigenvalue weighted by Gasteiger charge is 2.36. The Bertz CT molecular complexity index is 879. The van der Waals surface area contributed by atoms with Crippen molar-refractivity contribution in [3.63, 3.8) is 0 Å². The normalized spacial score (nSPS) is 19.2. The molecule has 1 aromatic rings. The molecule has 0 radical (unpaired) electrons. The third-order valence-corrected chi connectivity index (χ3v) is 5.38. The molecular formula is C22H30N4O6. The third kappa shape index (κ3) is 5.31. The van der Waals surface area contributed by atoms with Gasteiger partial charge in [0, 0.05) is 44.0 Å². The molecule has 0 aliphatic carbocycles. The highest BCUT2D eigenvalue weighted by Crippen LogP contribution is 2.33. The zero-order valence-electron chi connectivity index (χ0n) is 18.7. The van der Waals surface area contributed by atoms with Gasteiger partial charge in [0.2, 0.25) is 0 Å². The Hall–Kier alpha value is -3.27. The van der Waals surface area contributed by atoms with Crippen molar-refractivity contribution >= 4 is 18.1 Å². The molecule has 0 saturated carbocycles.